The van der Waals surface area contributed by atoms with Crippen LogP contribution < -0.4 is 4.74 Å². The molecule has 0 fully saturated rings. The van der Waals surface area contributed by atoms with Crippen molar-refractivity contribution in [3.05, 3.63) is 84.9 Å². The van der Waals surface area contributed by atoms with Crippen LogP contribution in [0.25, 0.3) is 0 Å². The minimum absolute atomic E-state index is 0.166. The highest BCUT2D eigenvalue weighted by molar-refractivity contribution is 9.10. The largest absolute Gasteiger partial charge is 0.491 e. The molecular formula is C27H30BrO5S+. The molecule has 0 amide bonds. The lowest BCUT2D eigenvalue weighted by molar-refractivity contribution is -0.144. The molecule has 0 spiro atoms. The van der Waals surface area contributed by atoms with Crippen LogP contribution in [0.15, 0.2) is 99.6 Å². The summed E-state index contributed by atoms with van der Waals surface area (Å²) in [6.45, 7) is 4.15. The zero-order valence-electron chi connectivity index (χ0n) is 19.2. The highest BCUT2D eigenvalue weighted by Gasteiger charge is 2.28. The van der Waals surface area contributed by atoms with Crippen LogP contribution in [0.3, 0.4) is 0 Å². The van der Waals surface area contributed by atoms with Crippen LogP contribution in [-0.2, 0) is 29.9 Å². The van der Waals surface area contributed by atoms with Gasteiger partial charge in [0.2, 0.25) is 0 Å². The molecule has 0 saturated heterocycles. The van der Waals surface area contributed by atoms with Crippen molar-refractivity contribution in [2.75, 3.05) is 39.6 Å². The first-order valence-electron chi connectivity index (χ1n) is 11.2. The van der Waals surface area contributed by atoms with E-state index >= 15 is 0 Å². The standard InChI is InChI=1S/C27H30BrO5S/c1-22(28)27(29)33-21-19-31-17-16-30-18-20-32-23-12-14-26(15-13-23)34(24-8-4-2-5-9-24)25-10-6-3-7-11-25/h2-15,22H,16-21H2,1H3/q+1. The summed E-state index contributed by atoms with van der Waals surface area (Å²) in [5.41, 5.74) is 0. The van der Waals surface area contributed by atoms with Crippen molar-refractivity contribution in [3.63, 3.8) is 0 Å². The molecule has 3 aromatic carbocycles. The van der Waals surface area contributed by atoms with Gasteiger partial charge in [0.15, 0.2) is 14.7 Å². The summed E-state index contributed by atoms with van der Waals surface area (Å²) < 4.78 is 21.7. The first-order chi connectivity index (χ1) is 16.6. The minimum Gasteiger partial charge on any atom is -0.491 e. The molecule has 1 unspecified atom stereocenters. The lowest BCUT2D eigenvalue weighted by Gasteiger charge is -2.10. The van der Waals surface area contributed by atoms with E-state index in [2.05, 4.69) is 76.6 Å². The van der Waals surface area contributed by atoms with Crippen LogP contribution in [0, 0.1) is 0 Å². The maximum Gasteiger partial charge on any atom is 0.319 e. The van der Waals surface area contributed by atoms with E-state index in [1.807, 2.05) is 24.3 Å². The minimum atomic E-state index is -0.304. The Morgan fingerprint density at radius 1 is 0.706 bits per heavy atom. The molecule has 0 radical (unpaired) electrons. The third-order valence-electron chi connectivity index (χ3n) is 4.68. The van der Waals surface area contributed by atoms with Gasteiger partial charge in [-0.25, -0.2) is 0 Å². The predicted molar refractivity (Wildman–Crippen MR) is 138 cm³/mol. The molecule has 0 saturated carbocycles. The Kier molecular flexibility index (Phi) is 11.5. The molecule has 0 aliphatic carbocycles. The van der Waals surface area contributed by atoms with Crippen LogP contribution >= 0.6 is 15.9 Å². The van der Waals surface area contributed by atoms with Gasteiger partial charge in [-0.3, -0.25) is 4.79 Å². The highest BCUT2D eigenvalue weighted by atomic mass is 79.9. The summed E-state index contributed by atoms with van der Waals surface area (Å²) in [7, 11) is -0.166. The summed E-state index contributed by atoms with van der Waals surface area (Å²) in [6.07, 6.45) is 0. The summed E-state index contributed by atoms with van der Waals surface area (Å²) >= 11 is 3.16. The van der Waals surface area contributed by atoms with Gasteiger partial charge in [-0.2, -0.15) is 0 Å². The highest BCUT2D eigenvalue weighted by Crippen LogP contribution is 2.31. The number of alkyl halides is 1. The van der Waals surface area contributed by atoms with E-state index < -0.39 is 0 Å². The predicted octanol–water partition coefficient (Wildman–Crippen LogP) is 5.52. The van der Waals surface area contributed by atoms with Crippen molar-refractivity contribution in [3.8, 4) is 5.75 Å². The monoisotopic (exact) mass is 545 g/mol. The average molecular weight is 547 g/mol. The third kappa shape index (κ3) is 8.80. The van der Waals surface area contributed by atoms with Crippen molar-refractivity contribution in [2.45, 2.75) is 26.4 Å². The topological polar surface area (TPSA) is 54.0 Å². The fourth-order valence-corrected chi connectivity index (χ4v) is 5.27. The number of rotatable bonds is 14. The van der Waals surface area contributed by atoms with E-state index in [4.69, 9.17) is 18.9 Å². The van der Waals surface area contributed by atoms with Crippen molar-refractivity contribution in [1.29, 1.82) is 0 Å². The average Bonchev–Trinajstić information content (AvgIpc) is 2.87. The number of carbonyl (C=O) groups is 1. The first kappa shape index (κ1) is 26.3. The Bertz CT molecular complexity index is 928. The quantitative estimate of drug-likeness (QED) is 0.115. The van der Waals surface area contributed by atoms with Gasteiger partial charge in [0.25, 0.3) is 0 Å². The number of ether oxygens (including phenoxy) is 4. The van der Waals surface area contributed by atoms with E-state index in [1.54, 1.807) is 6.92 Å². The molecule has 1 atom stereocenters. The van der Waals surface area contributed by atoms with Gasteiger partial charge in [0, 0.05) is 0 Å². The number of hydrogen-bond acceptors (Lipinski definition) is 5. The Labute approximate surface area is 212 Å². The van der Waals surface area contributed by atoms with Crippen LogP contribution in [-0.4, -0.2) is 50.4 Å². The molecule has 0 heterocycles. The van der Waals surface area contributed by atoms with Crippen molar-refractivity contribution < 1.29 is 23.7 Å². The molecule has 3 aromatic rings. The van der Waals surface area contributed by atoms with Gasteiger partial charge in [0.05, 0.1) is 37.3 Å². The Balaban J connectivity index is 1.39. The van der Waals surface area contributed by atoms with Gasteiger partial charge in [-0.05, 0) is 55.5 Å². The Morgan fingerprint density at radius 3 is 1.71 bits per heavy atom. The summed E-state index contributed by atoms with van der Waals surface area (Å²) in [4.78, 5) is 14.8. The molecule has 180 valence electrons. The molecule has 7 heteroatoms. The van der Waals surface area contributed by atoms with E-state index in [-0.39, 0.29) is 28.3 Å². The zero-order chi connectivity index (χ0) is 24.0. The third-order valence-corrected chi connectivity index (χ3v) is 7.29. The molecule has 34 heavy (non-hydrogen) atoms. The van der Waals surface area contributed by atoms with E-state index in [0.29, 0.717) is 33.0 Å². The molecule has 0 N–H and O–H groups in total. The van der Waals surface area contributed by atoms with E-state index in [9.17, 15) is 4.79 Å². The number of hydrogen-bond donors (Lipinski definition) is 0. The number of carbonyl (C=O) groups excluding carboxylic acids is 1. The van der Waals surface area contributed by atoms with Crippen LogP contribution in [0.1, 0.15) is 6.92 Å². The lowest BCUT2D eigenvalue weighted by atomic mass is 10.3. The summed E-state index contributed by atoms with van der Waals surface area (Å²) in [6, 6.07) is 29.4. The lowest BCUT2D eigenvalue weighted by Crippen LogP contribution is -2.18. The van der Waals surface area contributed by atoms with Gasteiger partial charge >= 0.3 is 5.97 Å². The van der Waals surface area contributed by atoms with E-state index in [1.165, 1.54) is 14.7 Å². The molecule has 3 rings (SSSR count). The van der Waals surface area contributed by atoms with Crippen LogP contribution in [0.2, 0.25) is 0 Å². The Morgan fingerprint density at radius 2 is 1.18 bits per heavy atom. The molecule has 0 aliphatic heterocycles. The number of benzene rings is 3. The smallest absolute Gasteiger partial charge is 0.319 e. The Hall–Kier alpha value is -2.32. The van der Waals surface area contributed by atoms with Gasteiger partial charge in [-0.1, -0.05) is 52.3 Å². The van der Waals surface area contributed by atoms with Crippen molar-refractivity contribution in [1.82, 2.24) is 0 Å². The number of esters is 1. The second-order valence-corrected chi connectivity index (χ2v) is 10.7. The van der Waals surface area contributed by atoms with Crippen molar-refractivity contribution in [2.24, 2.45) is 0 Å². The molecule has 0 aliphatic rings. The number of halogens is 1. The first-order valence-corrected chi connectivity index (χ1v) is 13.3. The van der Waals surface area contributed by atoms with Crippen LogP contribution in [0.4, 0.5) is 0 Å². The second kappa shape index (κ2) is 14.8. The summed E-state index contributed by atoms with van der Waals surface area (Å²) in [5.74, 6) is 0.525. The van der Waals surface area contributed by atoms with Crippen LogP contribution in [0.5, 0.6) is 5.75 Å². The van der Waals surface area contributed by atoms with E-state index in [0.717, 1.165) is 5.75 Å². The second-order valence-electron chi connectivity index (χ2n) is 7.26. The van der Waals surface area contributed by atoms with Gasteiger partial charge < -0.3 is 18.9 Å². The fraction of sp³-hybridized carbons (Fsp3) is 0.296. The molecule has 5 nitrogen and oxygen atoms in total. The van der Waals surface area contributed by atoms with Gasteiger partial charge in [0.1, 0.15) is 23.8 Å². The fourth-order valence-electron chi connectivity index (χ4n) is 3.05. The molecule has 0 aromatic heterocycles. The SMILES string of the molecule is CC(Br)C(=O)OCCOCCOCCOc1ccc([S+](c2ccccc2)c2ccccc2)cc1. The molecular weight excluding hydrogens is 516 g/mol. The normalized spacial score (nSPS) is 11.9. The summed E-state index contributed by atoms with van der Waals surface area (Å²) in [5, 5.41) is 0. The van der Waals surface area contributed by atoms with Gasteiger partial charge in [-0.15, -0.1) is 0 Å². The van der Waals surface area contributed by atoms with Crippen molar-refractivity contribution >= 4 is 32.8 Å². The maximum absolute atomic E-state index is 11.3. The zero-order valence-corrected chi connectivity index (χ0v) is 21.6. The maximum atomic E-state index is 11.3. The molecule has 0 bridgehead atoms.